The second-order valence-corrected chi connectivity index (χ2v) is 18.2. The van der Waals surface area contributed by atoms with Crippen LogP contribution in [0, 0.1) is 0 Å². The van der Waals surface area contributed by atoms with Crippen molar-refractivity contribution in [3.63, 3.8) is 0 Å². The molecule has 358 valence electrons. The highest BCUT2D eigenvalue weighted by molar-refractivity contribution is 5.80. The lowest BCUT2D eigenvalue weighted by Crippen LogP contribution is -2.53. The number of hydrogen-bond acceptors (Lipinski definition) is 5. The van der Waals surface area contributed by atoms with Crippen LogP contribution in [0.1, 0.15) is 264 Å². The summed E-state index contributed by atoms with van der Waals surface area (Å²) in [6.07, 6.45) is 61.7. The Morgan fingerprint density at radius 1 is 0.393 bits per heavy atom. The van der Waals surface area contributed by atoms with Gasteiger partial charge in [-0.1, -0.05) is 223 Å². The summed E-state index contributed by atoms with van der Waals surface area (Å²) >= 11 is 0. The van der Waals surface area contributed by atoms with Gasteiger partial charge in [-0.2, -0.15) is 0 Å². The fourth-order valence-corrected chi connectivity index (χ4v) is 8.02. The van der Waals surface area contributed by atoms with Crippen molar-refractivity contribution in [3.05, 3.63) is 48.6 Å². The number of unbranched alkanes of at least 4 members (excludes halogenated alkanes) is 31. The van der Waals surface area contributed by atoms with Crippen molar-refractivity contribution < 1.29 is 25.2 Å². The predicted molar refractivity (Wildman–Crippen MR) is 265 cm³/mol. The molecular formula is C55H103NO5. The van der Waals surface area contributed by atoms with Gasteiger partial charge in [-0.25, -0.2) is 0 Å². The number of amides is 1. The Balaban J connectivity index is 3.70. The number of aliphatic hydroxyl groups is 4. The van der Waals surface area contributed by atoms with Crippen LogP contribution in [0.25, 0.3) is 0 Å². The minimum absolute atomic E-state index is 0.357. The molecule has 0 fully saturated rings. The van der Waals surface area contributed by atoms with Crippen LogP contribution in [0.5, 0.6) is 0 Å². The van der Waals surface area contributed by atoms with Gasteiger partial charge in [-0.05, 0) is 89.9 Å². The Hall–Kier alpha value is -1.73. The molecule has 0 aliphatic heterocycles. The highest BCUT2D eigenvalue weighted by Gasteiger charge is 2.28. The van der Waals surface area contributed by atoms with E-state index < -0.39 is 36.9 Å². The van der Waals surface area contributed by atoms with Gasteiger partial charge in [0.25, 0.3) is 0 Å². The zero-order valence-electron chi connectivity index (χ0n) is 40.4. The SMILES string of the molecule is CCCCCCC/C=C/CC/C=C/CC/C=C/CCCC(O)C(O)C(CO)NC(=O)C(O)CCCCCCCCCCCCC/C=C\CCCCCCCCCCCCCC. The summed E-state index contributed by atoms with van der Waals surface area (Å²) in [5, 5.41) is 43.8. The Bertz CT molecular complexity index is 1010. The summed E-state index contributed by atoms with van der Waals surface area (Å²) in [6.45, 7) is 4.04. The molecular weight excluding hydrogens is 755 g/mol. The molecule has 0 saturated heterocycles. The third-order valence-electron chi connectivity index (χ3n) is 12.2. The topological polar surface area (TPSA) is 110 Å². The lowest BCUT2D eigenvalue weighted by molar-refractivity contribution is -0.132. The van der Waals surface area contributed by atoms with E-state index in [1.807, 2.05) is 0 Å². The fraction of sp³-hybridized carbons (Fsp3) is 0.836. The monoisotopic (exact) mass is 858 g/mol. The number of hydrogen-bond donors (Lipinski definition) is 5. The van der Waals surface area contributed by atoms with Gasteiger partial charge in [0, 0.05) is 0 Å². The minimum Gasteiger partial charge on any atom is -0.394 e. The maximum atomic E-state index is 12.6. The summed E-state index contributed by atoms with van der Waals surface area (Å²) in [7, 11) is 0. The van der Waals surface area contributed by atoms with E-state index in [0.717, 1.165) is 51.4 Å². The van der Waals surface area contributed by atoms with Crippen LogP contribution < -0.4 is 5.32 Å². The lowest BCUT2D eigenvalue weighted by atomic mass is 10.00. The molecule has 0 saturated carbocycles. The van der Waals surface area contributed by atoms with E-state index in [0.29, 0.717) is 19.3 Å². The molecule has 61 heavy (non-hydrogen) atoms. The highest BCUT2D eigenvalue weighted by Crippen LogP contribution is 2.16. The molecule has 0 aliphatic rings. The van der Waals surface area contributed by atoms with E-state index in [2.05, 4.69) is 67.8 Å². The van der Waals surface area contributed by atoms with Gasteiger partial charge in [0.2, 0.25) is 5.91 Å². The zero-order valence-corrected chi connectivity index (χ0v) is 40.4. The van der Waals surface area contributed by atoms with Crippen LogP contribution in [-0.2, 0) is 4.79 Å². The largest absolute Gasteiger partial charge is 0.394 e. The molecule has 0 spiro atoms. The summed E-state index contributed by atoms with van der Waals surface area (Å²) in [6, 6.07) is -1.01. The Morgan fingerprint density at radius 3 is 1.03 bits per heavy atom. The highest BCUT2D eigenvalue weighted by atomic mass is 16.3. The summed E-state index contributed by atoms with van der Waals surface area (Å²) in [5.74, 6) is -0.599. The van der Waals surface area contributed by atoms with E-state index in [9.17, 15) is 25.2 Å². The standard InChI is InChI=1S/C55H103NO5/c1-3-5-7-9-11-13-15-17-19-21-23-24-25-26-27-28-29-30-31-33-35-37-39-41-43-45-47-49-53(59)55(61)56-51(50-57)54(60)52(58)48-46-44-42-40-38-36-34-32-22-20-18-16-14-12-10-8-6-4-2/h16,18,26-27,32,34,40,42,51-54,57-60H,3-15,17,19-25,28-31,33,35-39,41,43-50H2,1-2H3,(H,56,61)/b18-16+,27-26-,34-32+,42-40+. The van der Waals surface area contributed by atoms with Gasteiger partial charge in [-0.15, -0.1) is 0 Å². The van der Waals surface area contributed by atoms with E-state index in [4.69, 9.17) is 0 Å². The smallest absolute Gasteiger partial charge is 0.249 e. The zero-order chi connectivity index (χ0) is 44.5. The molecule has 1 amide bonds. The molecule has 0 aromatic carbocycles. The molecule has 0 radical (unpaired) electrons. The number of carbonyl (C=O) groups excluding carboxylic acids is 1. The quantitative estimate of drug-likeness (QED) is 0.0309. The van der Waals surface area contributed by atoms with Crippen LogP contribution in [0.2, 0.25) is 0 Å². The van der Waals surface area contributed by atoms with Crippen LogP contribution in [0.4, 0.5) is 0 Å². The second-order valence-electron chi connectivity index (χ2n) is 18.2. The summed E-state index contributed by atoms with van der Waals surface area (Å²) < 4.78 is 0. The third kappa shape index (κ3) is 43.3. The Labute approximate surface area is 379 Å². The molecule has 0 rings (SSSR count). The van der Waals surface area contributed by atoms with Crippen molar-refractivity contribution >= 4 is 5.91 Å². The van der Waals surface area contributed by atoms with Crippen LogP contribution in [0.3, 0.4) is 0 Å². The van der Waals surface area contributed by atoms with Gasteiger partial charge < -0.3 is 25.7 Å². The predicted octanol–water partition coefficient (Wildman–Crippen LogP) is 15.0. The normalized spacial score (nSPS) is 14.3. The molecule has 4 unspecified atom stereocenters. The molecule has 0 aromatic heterocycles. The van der Waals surface area contributed by atoms with Gasteiger partial charge in [-0.3, -0.25) is 4.79 Å². The molecule has 5 N–H and O–H groups in total. The molecule has 6 heteroatoms. The average Bonchev–Trinajstić information content (AvgIpc) is 3.26. The molecule has 0 bridgehead atoms. The molecule has 0 aliphatic carbocycles. The maximum Gasteiger partial charge on any atom is 0.249 e. The van der Waals surface area contributed by atoms with Gasteiger partial charge in [0.1, 0.15) is 12.2 Å². The molecule has 0 aromatic rings. The second kappa shape index (κ2) is 49.3. The van der Waals surface area contributed by atoms with Crippen molar-refractivity contribution in [3.8, 4) is 0 Å². The summed E-state index contributed by atoms with van der Waals surface area (Å²) in [5.41, 5.74) is 0. The van der Waals surface area contributed by atoms with Gasteiger partial charge in [0.15, 0.2) is 0 Å². The number of carbonyl (C=O) groups is 1. The van der Waals surface area contributed by atoms with Crippen LogP contribution in [0.15, 0.2) is 48.6 Å². The third-order valence-corrected chi connectivity index (χ3v) is 12.2. The first-order valence-corrected chi connectivity index (χ1v) is 26.5. The number of nitrogens with one attached hydrogen (secondary N) is 1. The number of rotatable bonds is 48. The number of aliphatic hydroxyl groups excluding tert-OH is 4. The average molecular weight is 858 g/mol. The minimum atomic E-state index is -1.29. The first-order chi connectivity index (χ1) is 30.0. The Morgan fingerprint density at radius 2 is 0.689 bits per heavy atom. The van der Waals surface area contributed by atoms with Crippen molar-refractivity contribution in [2.75, 3.05) is 6.61 Å². The fourth-order valence-electron chi connectivity index (χ4n) is 8.02. The maximum absolute atomic E-state index is 12.6. The first kappa shape index (κ1) is 59.3. The number of allylic oxidation sites excluding steroid dienone is 8. The molecule has 6 nitrogen and oxygen atoms in total. The van der Waals surface area contributed by atoms with E-state index in [1.165, 1.54) is 180 Å². The Kier molecular flexibility index (Phi) is 47.9. The van der Waals surface area contributed by atoms with Gasteiger partial charge in [0.05, 0.1) is 18.8 Å². The van der Waals surface area contributed by atoms with Crippen LogP contribution >= 0.6 is 0 Å². The van der Waals surface area contributed by atoms with Crippen molar-refractivity contribution in [2.45, 2.75) is 289 Å². The van der Waals surface area contributed by atoms with Crippen molar-refractivity contribution in [1.82, 2.24) is 5.32 Å². The van der Waals surface area contributed by atoms with E-state index >= 15 is 0 Å². The van der Waals surface area contributed by atoms with E-state index in [-0.39, 0.29) is 0 Å². The van der Waals surface area contributed by atoms with Crippen molar-refractivity contribution in [2.24, 2.45) is 0 Å². The molecule has 4 atom stereocenters. The lowest BCUT2D eigenvalue weighted by Gasteiger charge is -2.27. The van der Waals surface area contributed by atoms with Crippen LogP contribution in [-0.4, -0.2) is 57.3 Å². The first-order valence-electron chi connectivity index (χ1n) is 26.5. The van der Waals surface area contributed by atoms with Gasteiger partial charge >= 0.3 is 0 Å². The van der Waals surface area contributed by atoms with E-state index in [1.54, 1.807) is 0 Å². The van der Waals surface area contributed by atoms with Crippen molar-refractivity contribution in [1.29, 1.82) is 0 Å². The summed E-state index contributed by atoms with van der Waals surface area (Å²) in [4.78, 5) is 12.6. The molecule has 0 heterocycles.